The summed E-state index contributed by atoms with van der Waals surface area (Å²) < 4.78 is 1.95. The van der Waals surface area contributed by atoms with Crippen LogP contribution in [0.1, 0.15) is 25.7 Å². The third-order valence-corrected chi connectivity index (χ3v) is 4.94. The summed E-state index contributed by atoms with van der Waals surface area (Å²) in [5.74, 6) is -1.77. The number of imidazole rings is 1. The number of fused-ring (bicyclic) bond motifs is 2. The highest BCUT2D eigenvalue weighted by Crippen LogP contribution is 2.52. The fraction of sp³-hybridized carbons (Fsp3) is 0.667. The zero-order chi connectivity index (χ0) is 14.8. The number of carbonyl (C=O) groups is 2. The second kappa shape index (κ2) is 5.87. The maximum Gasteiger partial charge on any atom is 0.224 e. The highest BCUT2D eigenvalue weighted by atomic mass is 16.4. The fourth-order valence-electron chi connectivity index (χ4n) is 4.02. The Morgan fingerprint density at radius 1 is 1.29 bits per heavy atom. The topological polar surface area (TPSA) is 87.0 Å². The van der Waals surface area contributed by atoms with Crippen LogP contribution in [-0.4, -0.2) is 28.0 Å². The number of aryl methyl sites for hydroxylation is 1. The first-order valence-electron chi connectivity index (χ1n) is 7.61. The number of nitrogens with zero attached hydrogens (tertiary/aromatic N) is 2. The Morgan fingerprint density at radius 3 is 2.71 bits per heavy atom. The third kappa shape index (κ3) is 2.80. The van der Waals surface area contributed by atoms with E-state index in [9.17, 15) is 14.7 Å². The van der Waals surface area contributed by atoms with Gasteiger partial charge in [-0.3, -0.25) is 4.79 Å². The lowest BCUT2D eigenvalue weighted by atomic mass is 9.78. The number of carboxylic acids is 1. The molecule has 2 saturated carbocycles. The van der Waals surface area contributed by atoms with Crippen LogP contribution in [-0.2, 0) is 16.1 Å². The summed E-state index contributed by atoms with van der Waals surface area (Å²) in [7, 11) is 0. The first-order valence-corrected chi connectivity index (χ1v) is 7.61. The van der Waals surface area contributed by atoms with Crippen molar-refractivity contribution in [2.45, 2.75) is 32.2 Å². The number of aliphatic carboxylic acids is 1. The molecule has 2 bridgehead atoms. The molecule has 0 spiro atoms. The number of carboxylic acid groups (broad SMARTS) is 1. The van der Waals surface area contributed by atoms with Crippen LogP contribution >= 0.6 is 0 Å². The maximum atomic E-state index is 12.3. The van der Waals surface area contributed by atoms with Crippen molar-refractivity contribution >= 4 is 11.9 Å². The average molecular weight is 290 g/mol. The minimum Gasteiger partial charge on any atom is -0.550 e. The van der Waals surface area contributed by atoms with Gasteiger partial charge in [-0.1, -0.05) is 0 Å². The molecule has 0 unspecified atom stereocenters. The van der Waals surface area contributed by atoms with Crippen molar-refractivity contribution in [3.63, 3.8) is 0 Å². The molecule has 2 fully saturated rings. The lowest BCUT2D eigenvalue weighted by Crippen LogP contribution is -2.46. The van der Waals surface area contributed by atoms with E-state index in [1.54, 1.807) is 12.5 Å². The Balaban J connectivity index is 1.49. The Labute approximate surface area is 123 Å². The number of hydrogen-bond acceptors (Lipinski definition) is 4. The zero-order valence-electron chi connectivity index (χ0n) is 11.9. The molecule has 1 amide bonds. The van der Waals surface area contributed by atoms with E-state index in [-0.39, 0.29) is 23.7 Å². The maximum absolute atomic E-state index is 12.3. The van der Waals surface area contributed by atoms with Gasteiger partial charge in [0.15, 0.2) is 0 Å². The molecule has 1 aromatic rings. The van der Waals surface area contributed by atoms with Crippen LogP contribution in [0.15, 0.2) is 18.7 Å². The SMILES string of the molecule is O=C(NCCCn1ccnc1)[C@@H]1[C@H]2CC[C@@H](C2)[C@@H]1C(=O)[O-]. The van der Waals surface area contributed by atoms with Crippen LogP contribution in [0.5, 0.6) is 0 Å². The van der Waals surface area contributed by atoms with Crippen molar-refractivity contribution in [3.05, 3.63) is 18.7 Å². The fourth-order valence-corrected chi connectivity index (χ4v) is 4.02. The van der Waals surface area contributed by atoms with Crippen molar-refractivity contribution in [1.82, 2.24) is 14.9 Å². The molecule has 4 atom stereocenters. The Hall–Kier alpha value is -1.85. The van der Waals surface area contributed by atoms with E-state index in [1.807, 2.05) is 10.8 Å². The van der Waals surface area contributed by atoms with Gasteiger partial charge >= 0.3 is 0 Å². The minimum absolute atomic E-state index is 0.109. The summed E-state index contributed by atoms with van der Waals surface area (Å²) in [4.78, 5) is 27.5. The van der Waals surface area contributed by atoms with Crippen molar-refractivity contribution in [1.29, 1.82) is 0 Å². The van der Waals surface area contributed by atoms with Gasteiger partial charge in [-0.2, -0.15) is 0 Å². The van der Waals surface area contributed by atoms with Crippen LogP contribution < -0.4 is 10.4 Å². The summed E-state index contributed by atoms with van der Waals surface area (Å²) in [6.07, 6.45) is 8.91. The van der Waals surface area contributed by atoms with Crippen LogP contribution in [0.4, 0.5) is 0 Å². The van der Waals surface area contributed by atoms with Crippen LogP contribution in [0.25, 0.3) is 0 Å². The number of nitrogens with one attached hydrogen (secondary N) is 1. The number of hydrogen-bond donors (Lipinski definition) is 1. The number of aromatic nitrogens is 2. The van der Waals surface area contributed by atoms with Gasteiger partial charge in [-0.15, -0.1) is 0 Å². The normalized spacial score (nSPS) is 30.5. The predicted molar refractivity (Wildman–Crippen MR) is 72.7 cm³/mol. The number of carbonyl (C=O) groups excluding carboxylic acids is 2. The average Bonchev–Trinajstić information content (AvgIpc) is 3.18. The van der Waals surface area contributed by atoms with Gasteiger partial charge in [0.2, 0.25) is 5.91 Å². The number of amides is 1. The first-order chi connectivity index (χ1) is 10.2. The molecule has 3 rings (SSSR count). The summed E-state index contributed by atoms with van der Waals surface area (Å²) >= 11 is 0. The summed E-state index contributed by atoms with van der Waals surface area (Å²) in [5.41, 5.74) is 0. The van der Waals surface area contributed by atoms with Crippen molar-refractivity contribution in [3.8, 4) is 0 Å². The van der Waals surface area contributed by atoms with Gasteiger partial charge in [0.25, 0.3) is 0 Å². The van der Waals surface area contributed by atoms with Crippen molar-refractivity contribution in [2.75, 3.05) is 6.54 Å². The molecule has 0 radical (unpaired) electrons. The van der Waals surface area contributed by atoms with Crippen molar-refractivity contribution in [2.24, 2.45) is 23.7 Å². The highest BCUT2D eigenvalue weighted by Gasteiger charge is 2.51. The van der Waals surface area contributed by atoms with E-state index < -0.39 is 11.9 Å². The van der Waals surface area contributed by atoms with Gasteiger partial charge < -0.3 is 19.8 Å². The molecule has 6 heteroatoms. The molecular weight excluding hydrogens is 270 g/mol. The quantitative estimate of drug-likeness (QED) is 0.735. The minimum atomic E-state index is -1.05. The summed E-state index contributed by atoms with van der Waals surface area (Å²) in [6, 6.07) is 0. The Morgan fingerprint density at radius 2 is 2.05 bits per heavy atom. The molecule has 2 aliphatic carbocycles. The molecule has 2 aliphatic rings. The Kier molecular flexibility index (Phi) is 3.94. The molecule has 1 heterocycles. The van der Waals surface area contributed by atoms with E-state index >= 15 is 0 Å². The van der Waals surface area contributed by atoms with Gasteiger partial charge in [-0.25, -0.2) is 4.98 Å². The molecule has 21 heavy (non-hydrogen) atoms. The van der Waals surface area contributed by atoms with E-state index in [0.29, 0.717) is 6.54 Å². The van der Waals surface area contributed by atoms with Gasteiger partial charge in [0, 0.05) is 43.3 Å². The summed E-state index contributed by atoms with van der Waals surface area (Å²) in [6.45, 7) is 1.35. The lowest BCUT2D eigenvalue weighted by molar-refractivity contribution is -0.314. The monoisotopic (exact) mass is 290 g/mol. The lowest BCUT2D eigenvalue weighted by Gasteiger charge is -2.30. The first kappa shape index (κ1) is 14.1. The van der Waals surface area contributed by atoms with Gasteiger partial charge in [-0.05, 0) is 37.5 Å². The molecule has 114 valence electrons. The smallest absolute Gasteiger partial charge is 0.224 e. The Bertz CT molecular complexity index is 514. The van der Waals surface area contributed by atoms with E-state index in [4.69, 9.17) is 0 Å². The molecule has 6 nitrogen and oxygen atoms in total. The molecule has 1 N–H and O–H groups in total. The third-order valence-electron chi connectivity index (χ3n) is 4.94. The molecular formula is C15H20N3O3-. The standard InChI is InChI=1S/C15H21N3O3/c19-14(17-4-1-6-18-7-5-16-9-18)12-10-2-3-11(8-10)13(12)15(20)21/h5,7,9-13H,1-4,6,8H2,(H,17,19)(H,20,21)/p-1/t10-,11-,12+,13-/m0/s1. The predicted octanol–water partition coefficient (Wildman–Crippen LogP) is -0.198. The zero-order valence-corrected chi connectivity index (χ0v) is 11.9. The van der Waals surface area contributed by atoms with E-state index in [2.05, 4.69) is 10.3 Å². The van der Waals surface area contributed by atoms with E-state index in [1.165, 1.54) is 0 Å². The molecule has 0 saturated heterocycles. The van der Waals surface area contributed by atoms with E-state index in [0.717, 1.165) is 32.2 Å². The molecule has 1 aromatic heterocycles. The second-order valence-electron chi connectivity index (χ2n) is 6.15. The summed E-state index contributed by atoms with van der Waals surface area (Å²) in [5, 5.41) is 14.2. The van der Waals surface area contributed by atoms with Crippen LogP contribution in [0.2, 0.25) is 0 Å². The number of rotatable bonds is 6. The van der Waals surface area contributed by atoms with Gasteiger partial charge in [0.05, 0.1) is 6.33 Å². The largest absolute Gasteiger partial charge is 0.550 e. The second-order valence-corrected chi connectivity index (χ2v) is 6.15. The van der Waals surface area contributed by atoms with Crippen LogP contribution in [0, 0.1) is 23.7 Å². The van der Waals surface area contributed by atoms with Crippen molar-refractivity contribution < 1.29 is 14.7 Å². The van der Waals surface area contributed by atoms with Gasteiger partial charge in [0.1, 0.15) is 0 Å². The molecule has 0 aliphatic heterocycles. The molecule has 0 aromatic carbocycles. The highest BCUT2D eigenvalue weighted by molar-refractivity contribution is 5.85. The van der Waals surface area contributed by atoms with Crippen LogP contribution in [0.3, 0.4) is 0 Å².